The zero-order valence-electron chi connectivity index (χ0n) is 14.5. The van der Waals surface area contributed by atoms with E-state index in [1.54, 1.807) is 30.3 Å². The maximum atomic E-state index is 13.9. The standard InChI is InChI=1S/C20H18FN3O3/c21-17-4-2-1-3-16(17)19-23-22-18(27-19)15-9-10-24(12-15)11-13-5-7-14(8-6-13)20(25)26/h1-8,15H,9-12H2,(H,25,26)/t15-/m0/s1. The fourth-order valence-electron chi connectivity index (χ4n) is 3.33. The van der Waals surface area contributed by atoms with E-state index in [1.165, 1.54) is 6.07 Å². The Kier molecular flexibility index (Phi) is 4.68. The third kappa shape index (κ3) is 3.73. The smallest absolute Gasteiger partial charge is 0.335 e. The van der Waals surface area contributed by atoms with Crippen LogP contribution in [0.25, 0.3) is 11.5 Å². The van der Waals surface area contributed by atoms with Gasteiger partial charge in [0.15, 0.2) is 0 Å². The molecule has 0 saturated carbocycles. The summed E-state index contributed by atoms with van der Waals surface area (Å²) in [5.41, 5.74) is 1.65. The molecule has 0 radical (unpaired) electrons. The lowest BCUT2D eigenvalue weighted by molar-refractivity contribution is 0.0697. The summed E-state index contributed by atoms with van der Waals surface area (Å²) in [6.45, 7) is 2.37. The van der Waals surface area contributed by atoms with Crippen LogP contribution in [-0.4, -0.2) is 39.3 Å². The minimum absolute atomic E-state index is 0.108. The largest absolute Gasteiger partial charge is 0.478 e. The lowest BCUT2D eigenvalue weighted by Gasteiger charge is -2.15. The molecule has 6 nitrogen and oxygen atoms in total. The van der Waals surface area contributed by atoms with Crippen molar-refractivity contribution in [2.75, 3.05) is 13.1 Å². The fourth-order valence-corrected chi connectivity index (χ4v) is 3.33. The average Bonchev–Trinajstić information content (AvgIpc) is 3.32. The van der Waals surface area contributed by atoms with Crippen molar-refractivity contribution in [1.29, 1.82) is 0 Å². The number of halogens is 1. The second-order valence-electron chi connectivity index (χ2n) is 6.65. The van der Waals surface area contributed by atoms with Crippen LogP contribution in [0.1, 0.15) is 34.2 Å². The second-order valence-corrected chi connectivity index (χ2v) is 6.65. The Hall–Kier alpha value is -3.06. The molecule has 0 bridgehead atoms. The normalized spacial score (nSPS) is 17.3. The number of benzene rings is 2. The molecule has 1 aliphatic rings. The lowest BCUT2D eigenvalue weighted by Crippen LogP contribution is -2.19. The van der Waals surface area contributed by atoms with Crippen molar-refractivity contribution in [3.63, 3.8) is 0 Å². The van der Waals surface area contributed by atoms with E-state index in [9.17, 15) is 9.18 Å². The molecule has 0 amide bonds. The molecule has 1 N–H and O–H groups in total. The third-order valence-corrected chi connectivity index (χ3v) is 4.77. The minimum Gasteiger partial charge on any atom is -0.478 e. The van der Waals surface area contributed by atoms with Crippen molar-refractivity contribution >= 4 is 5.97 Å². The number of nitrogens with zero attached hydrogens (tertiary/aromatic N) is 3. The molecule has 1 fully saturated rings. The summed E-state index contributed by atoms with van der Waals surface area (Å²) in [7, 11) is 0. The van der Waals surface area contributed by atoms with Crippen LogP contribution >= 0.6 is 0 Å². The van der Waals surface area contributed by atoms with Crippen LogP contribution in [0.15, 0.2) is 52.9 Å². The van der Waals surface area contributed by atoms with Gasteiger partial charge in [-0.3, -0.25) is 4.90 Å². The van der Waals surface area contributed by atoms with Gasteiger partial charge in [-0.05, 0) is 42.8 Å². The third-order valence-electron chi connectivity index (χ3n) is 4.77. The van der Waals surface area contributed by atoms with Gasteiger partial charge in [0.1, 0.15) is 5.82 Å². The van der Waals surface area contributed by atoms with Gasteiger partial charge in [-0.25, -0.2) is 9.18 Å². The van der Waals surface area contributed by atoms with Crippen molar-refractivity contribution in [3.8, 4) is 11.5 Å². The molecule has 1 aromatic heterocycles. The zero-order chi connectivity index (χ0) is 18.8. The summed E-state index contributed by atoms with van der Waals surface area (Å²) >= 11 is 0. The number of rotatable bonds is 5. The highest BCUT2D eigenvalue weighted by molar-refractivity contribution is 5.87. The van der Waals surface area contributed by atoms with E-state index in [2.05, 4.69) is 15.1 Å². The number of likely N-dealkylation sites (tertiary alicyclic amines) is 1. The van der Waals surface area contributed by atoms with Crippen molar-refractivity contribution in [1.82, 2.24) is 15.1 Å². The van der Waals surface area contributed by atoms with Crippen molar-refractivity contribution < 1.29 is 18.7 Å². The molecule has 1 aliphatic heterocycles. The summed E-state index contributed by atoms with van der Waals surface area (Å²) in [5, 5.41) is 17.1. The first-order valence-electron chi connectivity index (χ1n) is 8.73. The van der Waals surface area contributed by atoms with Gasteiger partial charge in [0.25, 0.3) is 5.89 Å². The van der Waals surface area contributed by atoms with E-state index in [1.807, 2.05) is 12.1 Å². The van der Waals surface area contributed by atoms with Crippen LogP contribution in [0.2, 0.25) is 0 Å². The number of carboxylic acid groups (broad SMARTS) is 1. The molecule has 27 heavy (non-hydrogen) atoms. The first-order valence-corrected chi connectivity index (χ1v) is 8.73. The van der Waals surface area contributed by atoms with E-state index >= 15 is 0 Å². The fraction of sp³-hybridized carbons (Fsp3) is 0.250. The van der Waals surface area contributed by atoms with Gasteiger partial charge in [0.2, 0.25) is 5.89 Å². The topological polar surface area (TPSA) is 79.5 Å². The van der Waals surface area contributed by atoms with Crippen molar-refractivity contribution in [3.05, 3.63) is 71.4 Å². The number of hydrogen-bond acceptors (Lipinski definition) is 5. The Morgan fingerprint density at radius 2 is 1.96 bits per heavy atom. The van der Waals surface area contributed by atoms with Gasteiger partial charge in [-0.1, -0.05) is 24.3 Å². The van der Waals surface area contributed by atoms with E-state index < -0.39 is 5.97 Å². The molecule has 4 rings (SSSR count). The van der Waals surface area contributed by atoms with E-state index in [0.29, 0.717) is 11.5 Å². The maximum Gasteiger partial charge on any atom is 0.335 e. The highest BCUT2D eigenvalue weighted by atomic mass is 19.1. The van der Waals surface area contributed by atoms with Crippen LogP contribution in [0.5, 0.6) is 0 Å². The molecular weight excluding hydrogens is 349 g/mol. The Morgan fingerprint density at radius 1 is 1.19 bits per heavy atom. The number of aromatic carboxylic acids is 1. The predicted octanol–water partition coefficient (Wildman–Crippen LogP) is 3.56. The quantitative estimate of drug-likeness (QED) is 0.743. The van der Waals surface area contributed by atoms with E-state index in [0.717, 1.165) is 31.6 Å². The van der Waals surface area contributed by atoms with Crippen molar-refractivity contribution in [2.24, 2.45) is 0 Å². The van der Waals surface area contributed by atoms with Gasteiger partial charge in [0, 0.05) is 13.1 Å². The summed E-state index contributed by atoms with van der Waals surface area (Å²) < 4.78 is 19.6. The van der Waals surface area contributed by atoms with E-state index in [-0.39, 0.29) is 23.2 Å². The molecule has 0 aliphatic carbocycles. The molecule has 138 valence electrons. The van der Waals surface area contributed by atoms with Gasteiger partial charge in [-0.15, -0.1) is 10.2 Å². The Balaban J connectivity index is 1.41. The van der Waals surface area contributed by atoms with Gasteiger partial charge in [0.05, 0.1) is 17.0 Å². The van der Waals surface area contributed by atoms with E-state index in [4.69, 9.17) is 9.52 Å². The monoisotopic (exact) mass is 367 g/mol. The Bertz CT molecular complexity index is 955. The zero-order valence-corrected chi connectivity index (χ0v) is 14.5. The van der Waals surface area contributed by atoms with Gasteiger partial charge in [-0.2, -0.15) is 0 Å². The molecule has 2 heterocycles. The SMILES string of the molecule is O=C(O)c1ccc(CN2CC[C@H](c3nnc(-c4ccccc4F)o3)C2)cc1. The molecular formula is C20H18FN3O3. The molecule has 0 unspecified atom stereocenters. The van der Waals surface area contributed by atoms with Crippen LogP contribution in [0, 0.1) is 5.82 Å². The molecule has 0 spiro atoms. The lowest BCUT2D eigenvalue weighted by atomic mass is 10.1. The van der Waals surface area contributed by atoms with Gasteiger partial charge < -0.3 is 9.52 Å². The molecule has 2 aromatic carbocycles. The second kappa shape index (κ2) is 7.28. The number of hydrogen-bond donors (Lipinski definition) is 1. The van der Waals surface area contributed by atoms with Crippen LogP contribution in [0.4, 0.5) is 4.39 Å². The van der Waals surface area contributed by atoms with Crippen molar-refractivity contribution in [2.45, 2.75) is 18.9 Å². The molecule has 3 aromatic rings. The number of carboxylic acids is 1. The molecule has 7 heteroatoms. The minimum atomic E-state index is -0.926. The maximum absolute atomic E-state index is 13.9. The highest BCUT2D eigenvalue weighted by Crippen LogP contribution is 2.30. The van der Waals surface area contributed by atoms with Crippen LogP contribution in [0.3, 0.4) is 0 Å². The highest BCUT2D eigenvalue weighted by Gasteiger charge is 2.28. The Morgan fingerprint density at radius 3 is 2.70 bits per heavy atom. The molecule has 1 atom stereocenters. The summed E-state index contributed by atoms with van der Waals surface area (Å²) in [5.74, 6) is -0.477. The van der Waals surface area contributed by atoms with Gasteiger partial charge >= 0.3 is 5.97 Å². The first-order chi connectivity index (χ1) is 13.1. The molecule has 1 saturated heterocycles. The average molecular weight is 367 g/mol. The first kappa shape index (κ1) is 17.4. The summed E-state index contributed by atoms with van der Waals surface area (Å²) in [4.78, 5) is 13.2. The number of carbonyl (C=O) groups is 1. The number of aromatic nitrogens is 2. The predicted molar refractivity (Wildman–Crippen MR) is 95.7 cm³/mol. The Labute approximate surface area is 155 Å². The van der Waals surface area contributed by atoms with Crippen LogP contribution < -0.4 is 0 Å². The summed E-state index contributed by atoms with van der Waals surface area (Å²) in [6, 6.07) is 13.2. The summed E-state index contributed by atoms with van der Waals surface area (Å²) in [6.07, 6.45) is 0.881. The van der Waals surface area contributed by atoms with Crippen LogP contribution in [-0.2, 0) is 6.54 Å².